The van der Waals surface area contributed by atoms with Crippen molar-refractivity contribution in [3.8, 4) is 0 Å². The second-order valence-corrected chi connectivity index (χ2v) is 4.37. The van der Waals surface area contributed by atoms with E-state index in [0.717, 1.165) is 5.56 Å². The normalized spacial score (nSPS) is 21.2. The average Bonchev–Trinajstić information content (AvgIpc) is 2.46. The van der Waals surface area contributed by atoms with Gasteiger partial charge in [-0.05, 0) is 6.07 Å². The minimum absolute atomic E-state index is 0.0207. The van der Waals surface area contributed by atoms with Gasteiger partial charge in [0.25, 0.3) is 0 Å². The first-order valence-electron chi connectivity index (χ1n) is 5.97. The Bertz CT molecular complexity index is 558. The van der Waals surface area contributed by atoms with E-state index in [0.29, 0.717) is 31.4 Å². The van der Waals surface area contributed by atoms with Gasteiger partial charge in [0.2, 0.25) is 0 Å². The maximum Gasteiger partial charge on any atom is 0.356 e. The number of nitrogens with zero attached hydrogens (tertiary/aromatic N) is 3. The smallest absolute Gasteiger partial charge is 0.356 e. The summed E-state index contributed by atoms with van der Waals surface area (Å²) in [4.78, 5) is 21.9. The Hall–Kier alpha value is -2.15. The highest BCUT2D eigenvalue weighted by Crippen LogP contribution is 2.35. The van der Waals surface area contributed by atoms with Crippen molar-refractivity contribution in [2.45, 2.75) is 6.04 Å². The predicted octanol–water partition coefficient (Wildman–Crippen LogP) is 0.201. The summed E-state index contributed by atoms with van der Waals surface area (Å²) in [5.41, 5.74) is 7.77. The van der Waals surface area contributed by atoms with Crippen LogP contribution in [-0.2, 0) is 9.47 Å². The monoisotopic (exact) mass is 262 g/mol. The summed E-state index contributed by atoms with van der Waals surface area (Å²) in [7, 11) is 1.33. The number of rotatable bonds is 1. The van der Waals surface area contributed by atoms with Gasteiger partial charge in [-0.15, -0.1) is 0 Å². The fraction of sp³-hybridized carbons (Fsp3) is 0.417. The van der Waals surface area contributed by atoms with Crippen LogP contribution < -0.4 is 5.73 Å². The second kappa shape index (κ2) is 4.51. The van der Waals surface area contributed by atoms with Gasteiger partial charge in [0.05, 0.1) is 38.2 Å². The molecule has 100 valence electrons. The van der Waals surface area contributed by atoms with Crippen molar-refractivity contribution < 1.29 is 14.3 Å². The summed E-state index contributed by atoms with van der Waals surface area (Å²) in [5.74, 6) is 0.00187. The van der Waals surface area contributed by atoms with E-state index < -0.39 is 5.97 Å². The van der Waals surface area contributed by atoms with Crippen LogP contribution in [0, 0.1) is 0 Å². The number of carbonyl (C=O) groups excluding carboxylic acids is 1. The van der Waals surface area contributed by atoms with Crippen LogP contribution in [0.5, 0.6) is 0 Å². The van der Waals surface area contributed by atoms with Crippen LogP contribution in [0.2, 0.25) is 0 Å². The fourth-order valence-corrected chi connectivity index (χ4v) is 2.36. The van der Waals surface area contributed by atoms with Crippen molar-refractivity contribution in [1.29, 1.82) is 0 Å². The molecule has 1 saturated heterocycles. The Morgan fingerprint density at radius 3 is 3.26 bits per heavy atom. The third-order valence-corrected chi connectivity index (χ3v) is 3.33. The molecule has 0 aromatic carbocycles. The SMILES string of the molecule is COC(=O)c1cc2c(cn1)N=C(N)N1CCOC[C@@H]21. The number of aromatic nitrogens is 1. The van der Waals surface area contributed by atoms with E-state index in [4.69, 9.17) is 10.5 Å². The lowest BCUT2D eigenvalue weighted by Gasteiger charge is -2.39. The molecule has 0 radical (unpaired) electrons. The highest BCUT2D eigenvalue weighted by atomic mass is 16.5. The minimum Gasteiger partial charge on any atom is -0.464 e. The number of pyridine rings is 1. The third-order valence-electron chi connectivity index (χ3n) is 3.33. The lowest BCUT2D eigenvalue weighted by atomic mass is 10.0. The second-order valence-electron chi connectivity index (χ2n) is 4.37. The number of methoxy groups -OCH3 is 1. The van der Waals surface area contributed by atoms with Crippen LogP contribution in [0.1, 0.15) is 22.1 Å². The molecule has 0 bridgehead atoms. The van der Waals surface area contributed by atoms with E-state index in [1.165, 1.54) is 7.11 Å². The van der Waals surface area contributed by atoms with Gasteiger partial charge in [0.1, 0.15) is 5.69 Å². The van der Waals surface area contributed by atoms with Gasteiger partial charge in [0, 0.05) is 12.1 Å². The maximum atomic E-state index is 11.5. The van der Waals surface area contributed by atoms with Gasteiger partial charge < -0.3 is 20.1 Å². The predicted molar refractivity (Wildman–Crippen MR) is 67.1 cm³/mol. The van der Waals surface area contributed by atoms with Crippen LogP contribution in [-0.4, -0.2) is 48.7 Å². The molecule has 0 aliphatic carbocycles. The molecule has 2 N–H and O–H groups in total. The molecule has 7 nitrogen and oxygen atoms in total. The molecule has 0 unspecified atom stereocenters. The van der Waals surface area contributed by atoms with E-state index in [-0.39, 0.29) is 11.7 Å². The van der Waals surface area contributed by atoms with Crippen LogP contribution in [0.3, 0.4) is 0 Å². The number of morpholine rings is 1. The molecule has 0 saturated carbocycles. The molecule has 3 rings (SSSR count). The van der Waals surface area contributed by atoms with Gasteiger partial charge in [0.15, 0.2) is 5.96 Å². The number of ether oxygens (including phenoxy) is 2. The van der Waals surface area contributed by atoms with E-state index in [2.05, 4.69) is 14.7 Å². The Kier molecular flexibility index (Phi) is 2.83. The van der Waals surface area contributed by atoms with Crippen LogP contribution in [0.25, 0.3) is 0 Å². The number of esters is 1. The minimum atomic E-state index is -0.464. The Morgan fingerprint density at radius 2 is 2.47 bits per heavy atom. The molecular weight excluding hydrogens is 248 g/mol. The molecule has 2 aliphatic heterocycles. The van der Waals surface area contributed by atoms with Crippen molar-refractivity contribution in [2.24, 2.45) is 10.7 Å². The lowest BCUT2D eigenvalue weighted by Crippen LogP contribution is -2.48. The summed E-state index contributed by atoms with van der Waals surface area (Å²) < 4.78 is 10.2. The molecule has 19 heavy (non-hydrogen) atoms. The van der Waals surface area contributed by atoms with Crippen molar-refractivity contribution in [3.63, 3.8) is 0 Å². The van der Waals surface area contributed by atoms with Crippen molar-refractivity contribution in [1.82, 2.24) is 9.88 Å². The van der Waals surface area contributed by atoms with Gasteiger partial charge in [-0.3, -0.25) is 0 Å². The van der Waals surface area contributed by atoms with Gasteiger partial charge in [-0.2, -0.15) is 0 Å². The summed E-state index contributed by atoms with van der Waals surface area (Å²) in [6.45, 7) is 1.83. The average molecular weight is 262 g/mol. The fourth-order valence-electron chi connectivity index (χ4n) is 2.36. The number of carbonyl (C=O) groups is 1. The molecule has 1 atom stereocenters. The molecular formula is C12H14N4O3. The highest BCUT2D eigenvalue weighted by molar-refractivity contribution is 5.89. The molecule has 7 heteroatoms. The standard InChI is InChI=1S/C12H14N4O3/c1-18-11(17)8-4-7-9(5-14-8)15-12(13)16-2-3-19-6-10(7)16/h4-5,10H,2-3,6H2,1H3,(H2,13,15)/t10-/m0/s1. The summed E-state index contributed by atoms with van der Waals surface area (Å²) in [6, 6.07) is 1.68. The molecule has 0 amide bonds. The third kappa shape index (κ3) is 1.91. The van der Waals surface area contributed by atoms with Crippen molar-refractivity contribution in [2.75, 3.05) is 26.9 Å². The highest BCUT2D eigenvalue weighted by Gasteiger charge is 2.32. The number of hydrogen-bond acceptors (Lipinski definition) is 7. The summed E-state index contributed by atoms with van der Waals surface area (Å²) in [5, 5.41) is 0. The first kappa shape index (κ1) is 11.9. The topological polar surface area (TPSA) is 90.0 Å². The van der Waals surface area contributed by atoms with Crippen LogP contribution >= 0.6 is 0 Å². The van der Waals surface area contributed by atoms with E-state index in [1.807, 2.05) is 4.90 Å². The van der Waals surface area contributed by atoms with Crippen LogP contribution in [0.4, 0.5) is 5.69 Å². The van der Waals surface area contributed by atoms with E-state index in [9.17, 15) is 4.79 Å². The Balaban J connectivity index is 2.06. The van der Waals surface area contributed by atoms with E-state index in [1.54, 1.807) is 12.3 Å². The maximum absolute atomic E-state index is 11.5. The number of guanidine groups is 1. The number of aliphatic imine (C=N–C) groups is 1. The molecule has 1 aromatic heterocycles. The van der Waals surface area contributed by atoms with Gasteiger partial charge in [-0.1, -0.05) is 0 Å². The first-order chi connectivity index (χ1) is 9.20. The Labute approximate surface area is 110 Å². The van der Waals surface area contributed by atoms with Crippen molar-refractivity contribution in [3.05, 3.63) is 23.5 Å². The number of nitrogens with two attached hydrogens (primary N) is 1. The largest absolute Gasteiger partial charge is 0.464 e. The Morgan fingerprint density at radius 1 is 1.63 bits per heavy atom. The quantitative estimate of drug-likeness (QED) is 0.727. The number of fused-ring (bicyclic) bond motifs is 3. The van der Waals surface area contributed by atoms with E-state index >= 15 is 0 Å². The molecule has 3 heterocycles. The summed E-state index contributed by atoms with van der Waals surface area (Å²) in [6.07, 6.45) is 1.54. The van der Waals surface area contributed by atoms with Gasteiger partial charge in [-0.25, -0.2) is 14.8 Å². The molecule has 1 aromatic rings. The first-order valence-corrected chi connectivity index (χ1v) is 5.97. The zero-order valence-electron chi connectivity index (χ0n) is 10.5. The van der Waals surface area contributed by atoms with Crippen molar-refractivity contribution >= 4 is 17.6 Å². The molecule has 2 aliphatic rings. The van der Waals surface area contributed by atoms with Gasteiger partial charge >= 0.3 is 5.97 Å². The number of hydrogen-bond donors (Lipinski definition) is 1. The zero-order valence-corrected chi connectivity index (χ0v) is 10.5. The summed E-state index contributed by atoms with van der Waals surface area (Å²) >= 11 is 0. The zero-order chi connectivity index (χ0) is 13.4. The molecule has 0 spiro atoms. The van der Waals surface area contributed by atoms with Crippen LogP contribution in [0.15, 0.2) is 17.3 Å². The molecule has 1 fully saturated rings. The lowest BCUT2D eigenvalue weighted by molar-refractivity contribution is 0.0240.